The first-order valence-corrected chi connectivity index (χ1v) is 7.54. The molecule has 0 radical (unpaired) electrons. The van der Waals surface area contributed by atoms with E-state index in [-0.39, 0.29) is 5.60 Å². The molecule has 0 spiro atoms. The number of ether oxygens (including phenoxy) is 1. The van der Waals surface area contributed by atoms with Gasteiger partial charge in [-0.3, -0.25) is 0 Å². The summed E-state index contributed by atoms with van der Waals surface area (Å²) in [7, 11) is 2.00. The summed E-state index contributed by atoms with van der Waals surface area (Å²) >= 11 is 6.01. The van der Waals surface area contributed by atoms with Crippen LogP contribution in [0.25, 0.3) is 0 Å². The third-order valence-corrected chi connectivity index (χ3v) is 4.35. The Morgan fingerprint density at radius 1 is 1.37 bits per heavy atom. The average molecular weight is 282 g/mol. The lowest BCUT2D eigenvalue weighted by Gasteiger charge is -2.39. The van der Waals surface area contributed by atoms with Crippen LogP contribution in [0.1, 0.15) is 38.2 Å². The van der Waals surface area contributed by atoms with Crippen molar-refractivity contribution in [2.75, 3.05) is 13.6 Å². The summed E-state index contributed by atoms with van der Waals surface area (Å²) in [5.41, 5.74) is 1.16. The van der Waals surface area contributed by atoms with Gasteiger partial charge in [-0.25, -0.2) is 0 Å². The van der Waals surface area contributed by atoms with E-state index in [9.17, 15) is 0 Å². The molecule has 106 valence electrons. The van der Waals surface area contributed by atoms with E-state index in [1.807, 2.05) is 25.2 Å². The highest BCUT2D eigenvalue weighted by Gasteiger charge is 2.34. The summed E-state index contributed by atoms with van der Waals surface area (Å²) in [6.07, 6.45) is 4.82. The van der Waals surface area contributed by atoms with Gasteiger partial charge in [0.25, 0.3) is 0 Å². The second-order valence-corrected chi connectivity index (χ2v) is 6.25. The number of hydrogen-bond acceptors (Lipinski definition) is 2. The standard InChI is InChI=1S/C16H24ClNO/c1-13-6-8-16(9-7-13,12-18-2)19-11-14-4-3-5-15(17)10-14/h3-5,10,13,18H,6-9,11-12H2,1-2H3. The monoisotopic (exact) mass is 281 g/mol. The van der Waals surface area contributed by atoms with Crippen molar-refractivity contribution in [3.05, 3.63) is 34.9 Å². The van der Waals surface area contributed by atoms with Gasteiger partial charge in [0.1, 0.15) is 0 Å². The van der Waals surface area contributed by atoms with E-state index in [0.29, 0.717) is 6.61 Å². The highest BCUT2D eigenvalue weighted by atomic mass is 35.5. The van der Waals surface area contributed by atoms with Crippen LogP contribution in [0.4, 0.5) is 0 Å². The molecule has 3 heteroatoms. The van der Waals surface area contributed by atoms with Crippen molar-refractivity contribution < 1.29 is 4.74 Å². The van der Waals surface area contributed by atoms with Crippen molar-refractivity contribution in [3.8, 4) is 0 Å². The van der Waals surface area contributed by atoms with Crippen LogP contribution in [0.15, 0.2) is 24.3 Å². The van der Waals surface area contributed by atoms with Gasteiger partial charge in [0.05, 0.1) is 12.2 Å². The summed E-state index contributed by atoms with van der Waals surface area (Å²) in [5, 5.41) is 4.07. The second-order valence-electron chi connectivity index (χ2n) is 5.81. The topological polar surface area (TPSA) is 21.3 Å². The molecule has 0 amide bonds. The normalized spacial score (nSPS) is 27.4. The minimum absolute atomic E-state index is 0.00355. The molecule has 0 aromatic heterocycles. The first kappa shape index (κ1) is 14.8. The molecule has 0 saturated heterocycles. The van der Waals surface area contributed by atoms with Gasteiger partial charge in [0, 0.05) is 11.6 Å². The van der Waals surface area contributed by atoms with Gasteiger partial charge in [-0.2, -0.15) is 0 Å². The molecule has 1 aromatic carbocycles. The van der Waals surface area contributed by atoms with Crippen LogP contribution >= 0.6 is 11.6 Å². The number of rotatable bonds is 5. The molecular weight excluding hydrogens is 258 g/mol. The minimum Gasteiger partial charge on any atom is -0.369 e. The summed E-state index contributed by atoms with van der Waals surface area (Å²) in [5.74, 6) is 0.833. The van der Waals surface area contributed by atoms with Gasteiger partial charge < -0.3 is 10.1 Å². The lowest BCUT2D eigenvalue weighted by atomic mass is 9.79. The predicted molar refractivity (Wildman–Crippen MR) is 80.5 cm³/mol. The van der Waals surface area contributed by atoms with Crippen LogP contribution in [0, 0.1) is 5.92 Å². The minimum atomic E-state index is 0.00355. The van der Waals surface area contributed by atoms with Crippen molar-refractivity contribution >= 4 is 11.6 Å². The Morgan fingerprint density at radius 2 is 2.11 bits per heavy atom. The Bertz CT molecular complexity index is 399. The fourth-order valence-electron chi connectivity index (χ4n) is 2.85. The molecule has 1 N–H and O–H groups in total. The quantitative estimate of drug-likeness (QED) is 0.880. The largest absolute Gasteiger partial charge is 0.369 e. The maximum absolute atomic E-state index is 6.28. The van der Waals surface area contributed by atoms with E-state index in [1.165, 1.54) is 12.8 Å². The van der Waals surface area contributed by atoms with Crippen molar-refractivity contribution in [3.63, 3.8) is 0 Å². The molecular formula is C16H24ClNO. The predicted octanol–water partition coefficient (Wildman–Crippen LogP) is 4.02. The molecule has 1 aromatic rings. The van der Waals surface area contributed by atoms with E-state index >= 15 is 0 Å². The first-order valence-electron chi connectivity index (χ1n) is 7.16. The molecule has 0 bridgehead atoms. The zero-order valence-electron chi connectivity index (χ0n) is 11.9. The molecule has 0 heterocycles. The highest BCUT2D eigenvalue weighted by Crippen LogP contribution is 2.35. The smallest absolute Gasteiger partial charge is 0.0810 e. The molecule has 1 aliphatic rings. The SMILES string of the molecule is CNCC1(OCc2cccc(Cl)c2)CCC(C)CC1. The average Bonchev–Trinajstić information content (AvgIpc) is 2.40. The highest BCUT2D eigenvalue weighted by molar-refractivity contribution is 6.30. The van der Waals surface area contributed by atoms with E-state index in [1.54, 1.807) is 0 Å². The first-order chi connectivity index (χ1) is 9.13. The second kappa shape index (κ2) is 6.74. The molecule has 1 aliphatic carbocycles. The fraction of sp³-hybridized carbons (Fsp3) is 0.625. The molecule has 2 rings (SSSR count). The van der Waals surface area contributed by atoms with Crippen molar-refractivity contribution in [1.29, 1.82) is 0 Å². The van der Waals surface area contributed by atoms with Crippen LogP contribution in [0.2, 0.25) is 5.02 Å². The lowest BCUT2D eigenvalue weighted by molar-refractivity contribution is -0.0840. The molecule has 19 heavy (non-hydrogen) atoms. The fourth-order valence-corrected chi connectivity index (χ4v) is 3.06. The van der Waals surface area contributed by atoms with Crippen LogP contribution < -0.4 is 5.32 Å². The summed E-state index contributed by atoms with van der Waals surface area (Å²) in [4.78, 5) is 0. The molecule has 1 saturated carbocycles. The number of likely N-dealkylation sites (N-methyl/N-ethyl adjacent to an activating group) is 1. The van der Waals surface area contributed by atoms with Gasteiger partial charge in [-0.1, -0.05) is 30.7 Å². The summed E-state index contributed by atoms with van der Waals surface area (Å²) < 4.78 is 6.28. The van der Waals surface area contributed by atoms with Crippen LogP contribution in [-0.2, 0) is 11.3 Å². The lowest BCUT2D eigenvalue weighted by Crippen LogP contribution is -2.44. The Kier molecular flexibility index (Phi) is 5.26. The van der Waals surface area contributed by atoms with Gasteiger partial charge in [0.15, 0.2) is 0 Å². The maximum Gasteiger partial charge on any atom is 0.0810 e. The van der Waals surface area contributed by atoms with Crippen LogP contribution in [0.3, 0.4) is 0 Å². The number of nitrogens with one attached hydrogen (secondary N) is 1. The Hall–Kier alpha value is -0.570. The van der Waals surface area contributed by atoms with Crippen molar-refractivity contribution in [2.24, 2.45) is 5.92 Å². The van der Waals surface area contributed by atoms with Gasteiger partial charge in [-0.05, 0) is 56.3 Å². The number of benzene rings is 1. The number of hydrogen-bond donors (Lipinski definition) is 1. The molecule has 1 fully saturated rings. The maximum atomic E-state index is 6.28. The third kappa shape index (κ3) is 4.20. The van der Waals surface area contributed by atoms with Gasteiger partial charge in [0.2, 0.25) is 0 Å². The van der Waals surface area contributed by atoms with Gasteiger partial charge in [-0.15, -0.1) is 0 Å². The van der Waals surface area contributed by atoms with E-state index < -0.39 is 0 Å². The van der Waals surface area contributed by atoms with Crippen molar-refractivity contribution in [1.82, 2.24) is 5.32 Å². The van der Waals surface area contributed by atoms with E-state index in [0.717, 1.165) is 35.9 Å². The Morgan fingerprint density at radius 3 is 2.74 bits per heavy atom. The zero-order valence-corrected chi connectivity index (χ0v) is 12.7. The van der Waals surface area contributed by atoms with Crippen molar-refractivity contribution in [2.45, 2.75) is 44.8 Å². The van der Waals surface area contributed by atoms with E-state index in [2.05, 4.69) is 18.3 Å². The molecule has 0 unspecified atom stereocenters. The molecule has 0 aliphatic heterocycles. The Balaban J connectivity index is 1.97. The van der Waals surface area contributed by atoms with Gasteiger partial charge >= 0.3 is 0 Å². The Labute approximate surface area is 121 Å². The number of halogens is 1. The van der Waals surface area contributed by atoms with E-state index in [4.69, 9.17) is 16.3 Å². The van der Waals surface area contributed by atoms with Crippen LogP contribution in [0.5, 0.6) is 0 Å². The third-order valence-electron chi connectivity index (χ3n) is 4.12. The summed E-state index contributed by atoms with van der Waals surface area (Å²) in [6, 6.07) is 7.94. The molecule has 2 nitrogen and oxygen atoms in total. The van der Waals surface area contributed by atoms with Crippen LogP contribution in [-0.4, -0.2) is 19.2 Å². The summed E-state index contributed by atoms with van der Waals surface area (Å²) in [6.45, 7) is 3.91. The zero-order chi connectivity index (χ0) is 13.7. The molecule has 0 atom stereocenters.